The SMILES string of the molecule is O=C(O)CC1=Cc2ccccc2Oc2ccccc21. The van der Waals surface area contributed by atoms with E-state index in [1.807, 2.05) is 54.6 Å². The molecule has 0 saturated carbocycles. The van der Waals surface area contributed by atoms with E-state index in [4.69, 9.17) is 9.84 Å². The molecule has 2 aromatic carbocycles. The van der Waals surface area contributed by atoms with Crippen molar-refractivity contribution in [1.82, 2.24) is 0 Å². The topological polar surface area (TPSA) is 46.5 Å². The summed E-state index contributed by atoms with van der Waals surface area (Å²) >= 11 is 0. The summed E-state index contributed by atoms with van der Waals surface area (Å²) in [5.41, 5.74) is 2.49. The number of hydrogen-bond donors (Lipinski definition) is 1. The second kappa shape index (κ2) is 4.61. The molecule has 1 heterocycles. The van der Waals surface area contributed by atoms with Gasteiger partial charge in [-0.05, 0) is 23.8 Å². The van der Waals surface area contributed by atoms with Gasteiger partial charge in [0, 0.05) is 11.1 Å². The number of ether oxygens (including phenoxy) is 1. The fraction of sp³-hybridized carbons (Fsp3) is 0.0625. The van der Waals surface area contributed by atoms with Crippen LogP contribution in [0.15, 0.2) is 48.5 Å². The van der Waals surface area contributed by atoms with Crippen molar-refractivity contribution in [3.63, 3.8) is 0 Å². The van der Waals surface area contributed by atoms with E-state index < -0.39 is 5.97 Å². The number of benzene rings is 2. The van der Waals surface area contributed by atoms with E-state index in [-0.39, 0.29) is 6.42 Å². The highest BCUT2D eigenvalue weighted by Gasteiger charge is 2.17. The highest BCUT2D eigenvalue weighted by Crippen LogP contribution is 2.38. The Balaban J connectivity index is 2.19. The number of carbonyl (C=O) groups is 1. The van der Waals surface area contributed by atoms with Crippen molar-refractivity contribution < 1.29 is 14.6 Å². The number of hydrogen-bond acceptors (Lipinski definition) is 2. The van der Waals surface area contributed by atoms with Crippen molar-refractivity contribution in [2.45, 2.75) is 6.42 Å². The van der Waals surface area contributed by atoms with Gasteiger partial charge in [0.15, 0.2) is 0 Å². The molecule has 3 rings (SSSR count). The van der Waals surface area contributed by atoms with Gasteiger partial charge in [0.2, 0.25) is 0 Å². The molecule has 0 saturated heterocycles. The zero-order valence-corrected chi connectivity index (χ0v) is 10.2. The average Bonchev–Trinajstić information content (AvgIpc) is 2.55. The van der Waals surface area contributed by atoms with Crippen LogP contribution in [0.25, 0.3) is 11.6 Å². The van der Waals surface area contributed by atoms with E-state index in [1.54, 1.807) is 0 Å². The van der Waals surface area contributed by atoms with Gasteiger partial charge in [-0.25, -0.2) is 0 Å². The summed E-state index contributed by atoms with van der Waals surface area (Å²) < 4.78 is 5.87. The number of para-hydroxylation sites is 2. The molecule has 1 aliphatic rings. The minimum Gasteiger partial charge on any atom is -0.481 e. The van der Waals surface area contributed by atoms with E-state index in [1.165, 1.54) is 0 Å². The van der Waals surface area contributed by atoms with Crippen LogP contribution in [0.5, 0.6) is 11.5 Å². The molecule has 0 aromatic heterocycles. The minimum absolute atomic E-state index is 0.0191. The second-order valence-corrected chi connectivity index (χ2v) is 4.38. The molecule has 3 heteroatoms. The molecule has 0 amide bonds. The van der Waals surface area contributed by atoms with Gasteiger partial charge in [0.25, 0.3) is 0 Å². The van der Waals surface area contributed by atoms with Crippen LogP contribution >= 0.6 is 0 Å². The summed E-state index contributed by atoms with van der Waals surface area (Å²) in [5, 5.41) is 9.05. The molecule has 19 heavy (non-hydrogen) atoms. The Bertz CT molecular complexity index is 671. The first-order valence-corrected chi connectivity index (χ1v) is 6.03. The normalized spacial score (nSPS) is 12.5. The molecule has 0 radical (unpaired) electrons. The number of fused-ring (bicyclic) bond motifs is 2. The average molecular weight is 252 g/mol. The lowest BCUT2D eigenvalue weighted by molar-refractivity contribution is -0.135. The van der Waals surface area contributed by atoms with Crippen LogP contribution in [0.2, 0.25) is 0 Å². The quantitative estimate of drug-likeness (QED) is 0.884. The molecule has 1 aliphatic heterocycles. The first kappa shape index (κ1) is 11.5. The molecular weight excluding hydrogens is 240 g/mol. The fourth-order valence-corrected chi connectivity index (χ4v) is 2.21. The van der Waals surface area contributed by atoms with Gasteiger partial charge in [-0.2, -0.15) is 0 Å². The largest absolute Gasteiger partial charge is 0.481 e. The van der Waals surface area contributed by atoms with Gasteiger partial charge in [-0.1, -0.05) is 36.4 Å². The van der Waals surface area contributed by atoms with Gasteiger partial charge in [0.05, 0.1) is 6.42 Å². The van der Waals surface area contributed by atoms with Crippen molar-refractivity contribution in [3.05, 3.63) is 59.7 Å². The lowest BCUT2D eigenvalue weighted by Crippen LogP contribution is -1.97. The Morgan fingerprint density at radius 2 is 1.68 bits per heavy atom. The van der Waals surface area contributed by atoms with Crippen LogP contribution in [0, 0.1) is 0 Å². The lowest BCUT2D eigenvalue weighted by atomic mass is 10.00. The Hall–Kier alpha value is -2.55. The van der Waals surface area contributed by atoms with Gasteiger partial charge in [-0.15, -0.1) is 0 Å². The second-order valence-electron chi connectivity index (χ2n) is 4.38. The van der Waals surface area contributed by atoms with E-state index in [9.17, 15) is 4.79 Å². The summed E-state index contributed by atoms with van der Waals surface area (Å²) in [4.78, 5) is 11.0. The summed E-state index contributed by atoms with van der Waals surface area (Å²) in [6, 6.07) is 15.1. The number of rotatable bonds is 2. The Morgan fingerprint density at radius 3 is 2.47 bits per heavy atom. The molecule has 0 unspecified atom stereocenters. The van der Waals surface area contributed by atoms with Gasteiger partial charge < -0.3 is 9.84 Å². The van der Waals surface area contributed by atoms with Crippen molar-refractivity contribution >= 4 is 17.6 Å². The zero-order chi connectivity index (χ0) is 13.2. The molecule has 0 bridgehead atoms. The predicted molar refractivity (Wildman–Crippen MR) is 73.1 cm³/mol. The van der Waals surface area contributed by atoms with Crippen molar-refractivity contribution in [3.8, 4) is 11.5 Å². The summed E-state index contributed by atoms with van der Waals surface area (Å²) in [7, 11) is 0. The molecule has 0 spiro atoms. The Labute approximate surface area is 110 Å². The number of carboxylic acid groups (broad SMARTS) is 1. The van der Waals surface area contributed by atoms with Gasteiger partial charge >= 0.3 is 5.97 Å². The maximum Gasteiger partial charge on any atom is 0.307 e. The third-order valence-corrected chi connectivity index (χ3v) is 3.04. The zero-order valence-electron chi connectivity index (χ0n) is 10.2. The predicted octanol–water partition coefficient (Wildman–Crippen LogP) is 3.81. The third kappa shape index (κ3) is 2.22. The molecular formula is C16H12O3. The molecule has 2 aromatic rings. The number of carboxylic acids is 1. The van der Waals surface area contributed by atoms with Crippen LogP contribution in [-0.2, 0) is 4.79 Å². The molecule has 0 aliphatic carbocycles. The molecule has 94 valence electrons. The third-order valence-electron chi connectivity index (χ3n) is 3.04. The van der Waals surface area contributed by atoms with E-state index in [0.29, 0.717) is 5.75 Å². The molecule has 1 N–H and O–H groups in total. The Morgan fingerprint density at radius 1 is 1.00 bits per heavy atom. The Kier molecular flexibility index (Phi) is 2.80. The van der Waals surface area contributed by atoms with Crippen LogP contribution in [0.1, 0.15) is 17.5 Å². The smallest absolute Gasteiger partial charge is 0.307 e. The summed E-state index contributed by atoms with van der Waals surface area (Å²) in [5.74, 6) is 0.593. The first-order valence-electron chi connectivity index (χ1n) is 6.03. The van der Waals surface area contributed by atoms with Crippen molar-refractivity contribution in [2.24, 2.45) is 0 Å². The van der Waals surface area contributed by atoms with Crippen LogP contribution in [-0.4, -0.2) is 11.1 Å². The molecule has 0 fully saturated rings. The first-order chi connectivity index (χ1) is 9.24. The van der Waals surface area contributed by atoms with E-state index >= 15 is 0 Å². The molecule has 3 nitrogen and oxygen atoms in total. The fourth-order valence-electron chi connectivity index (χ4n) is 2.21. The highest BCUT2D eigenvalue weighted by atomic mass is 16.5. The van der Waals surface area contributed by atoms with Crippen LogP contribution in [0.3, 0.4) is 0 Å². The standard InChI is InChI=1S/C16H12O3/c17-16(18)10-12-9-11-5-1-3-7-14(11)19-15-8-4-2-6-13(12)15/h1-9H,10H2,(H,17,18). The van der Waals surface area contributed by atoms with Crippen LogP contribution < -0.4 is 4.74 Å². The number of aliphatic carboxylic acids is 1. The van der Waals surface area contributed by atoms with E-state index in [2.05, 4.69) is 0 Å². The maximum absolute atomic E-state index is 11.0. The van der Waals surface area contributed by atoms with Crippen molar-refractivity contribution in [1.29, 1.82) is 0 Å². The van der Waals surface area contributed by atoms with Crippen LogP contribution in [0.4, 0.5) is 0 Å². The highest BCUT2D eigenvalue weighted by molar-refractivity contribution is 5.94. The maximum atomic E-state index is 11.0. The molecule has 0 atom stereocenters. The summed E-state index contributed by atoms with van der Waals surface area (Å²) in [6.07, 6.45) is 1.87. The van der Waals surface area contributed by atoms with Gasteiger partial charge in [0.1, 0.15) is 11.5 Å². The monoisotopic (exact) mass is 252 g/mol. The minimum atomic E-state index is -0.847. The van der Waals surface area contributed by atoms with E-state index in [0.717, 1.165) is 22.4 Å². The van der Waals surface area contributed by atoms with Crippen molar-refractivity contribution in [2.75, 3.05) is 0 Å². The lowest BCUT2D eigenvalue weighted by Gasteiger charge is -2.09. The summed E-state index contributed by atoms with van der Waals surface area (Å²) in [6.45, 7) is 0. The van der Waals surface area contributed by atoms with Gasteiger partial charge in [-0.3, -0.25) is 4.79 Å².